The average molecular weight is 832 g/mol. The van der Waals surface area contributed by atoms with Gasteiger partial charge < -0.3 is 33.5 Å². The summed E-state index contributed by atoms with van der Waals surface area (Å²) in [6.07, 6.45) is -9.14. The lowest BCUT2D eigenvalue weighted by atomic mass is 9.57. The van der Waals surface area contributed by atoms with Crippen LogP contribution in [0.2, 0.25) is 0 Å². The second kappa shape index (κ2) is 14.1. The van der Waals surface area contributed by atoms with Crippen LogP contribution in [0.4, 0.5) is 26.3 Å². The van der Waals surface area contributed by atoms with Crippen molar-refractivity contribution in [3.63, 3.8) is 0 Å². The number of carbonyl (C=O) groups is 1. The van der Waals surface area contributed by atoms with Crippen LogP contribution in [0.25, 0.3) is 0 Å². The molecule has 326 valence electrons. The number of carboxylic acids is 1. The van der Waals surface area contributed by atoms with Gasteiger partial charge in [-0.1, -0.05) is 27.7 Å². The summed E-state index contributed by atoms with van der Waals surface area (Å²) in [6, 6.07) is 0. The first-order chi connectivity index (χ1) is 26.6. The predicted octanol–water partition coefficient (Wildman–Crippen LogP) is 6.69. The molecule has 8 aliphatic heterocycles. The van der Waals surface area contributed by atoms with Crippen LogP contribution in [0.15, 0.2) is 0 Å². The van der Waals surface area contributed by atoms with Crippen molar-refractivity contribution in [2.45, 2.75) is 152 Å². The van der Waals surface area contributed by atoms with Gasteiger partial charge >= 0.3 is 18.3 Å². The number of carboxylic acid groups (broad SMARTS) is 1. The van der Waals surface area contributed by atoms with Gasteiger partial charge in [-0.05, 0) is 76.0 Å². The number of alkyl halides is 6. The molecule has 10 fully saturated rings. The zero-order chi connectivity index (χ0) is 41.2. The molecule has 2 aliphatic carbocycles. The number of rotatable bonds is 10. The highest BCUT2D eigenvalue weighted by Gasteiger charge is 2.79. The van der Waals surface area contributed by atoms with Crippen molar-refractivity contribution in [3.05, 3.63) is 0 Å². The zero-order valence-corrected chi connectivity index (χ0v) is 33.1. The third-order valence-corrected chi connectivity index (χ3v) is 15.1. The second-order valence-electron chi connectivity index (χ2n) is 18.3. The molecule has 2 spiro atoms. The molecule has 2 saturated carbocycles. The number of hydrogen-bond acceptors (Lipinski definition) is 12. The summed E-state index contributed by atoms with van der Waals surface area (Å²) in [6.45, 7) is 7.08. The van der Waals surface area contributed by atoms with Crippen LogP contribution in [0.1, 0.15) is 92.9 Å². The first kappa shape index (κ1) is 42.3. The molecule has 57 heavy (non-hydrogen) atoms. The minimum Gasteiger partial charge on any atom is -0.480 e. The quantitative estimate of drug-likeness (QED) is 0.186. The van der Waals surface area contributed by atoms with Gasteiger partial charge in [-0.2, -0.15) is 26.3 Å². The molecule has 1 N–H and O–H groups in total. The van der Waals surface area contributed by atoms with Crippen molar-refractivity contribution < 1.29 is 84.2 Å². The first-order valence-corrected chi connectivity index (χ1v) is 20.4. The van der Waals surface area contributed by atoms with Crippen LogP contribution in [0.3, 0.4) is 0 Å². The van der Waals surface area contributed by atoms with E-state index in [-0.39, 0.29) is 23.7 Å². The summed E-state index contributed by atoms with van der Waals surface area (Å²) in [5, 5.41) is 9.73. The number of nitrogens with zero attached hydrogens (tertiary/aromatic N) is 1. The third-order valence-electron chi connectivity index (χ3n) is 15.1. The Bertz CT molecular complexity index is 1440. The number of fused-ring (bicyclic) bond motifs is 4. The van der Waals surface area contributed by atoms with Gasteiger partial charge in [0.15, 0.2) is 23.8 Å². The van der Waals surface area contributed by atoms with Gasteiger partial charge in [0.2, 0.25) is 11.6 Å². The van der Waals surface area contributed by atoms with Gasteiger partial charge in [0, 0.05) is 49.6 Å². The molecule has 16 atom stereocenters. The average Bonchev–Trinajstić information content (AvgIpc) is 3.49. The Morgan fingerprint density at radius 2 is 1.04 bits per heavy atom. The van der Waals surface area contributed by atoms with E-state index in [1.54, 1.807) is 13.8 Å². The van der Waals surface area contributed by atoms with E-state index in [1.165, 1.54) is 13.8 Å². The van der Waals surface area contributed by atoms with Crippen molar-refractivity contribution in [2.24, 2.45) is 47.3 Å². The molecule has 0 amide bonds. The summed E-state index contributed by atoms with van der Waals surface area (Å²) in [7, 11) is 0. The smallest absolute Gasteiger partial charge is 0.443 e. The van der Waals surface area contributed by atoms with Gasteiger partial charge in [-0.25, -0.2) is 19.6 Å². The molecule has 0 aromatic heterocycles. The van der Waals surface area contributed by atoms with E-state index in [4.69, 9.17) is 48.0 Å². The normalized spacial score (nSPS) is 50.5. The Hall–Kier alpha value is -1.39. The molecule has 13 nitrogen and oxygen atoms in total. The first-order valence-electron chi connectivity index (χ1n) is 20.4. The van der Waals surface area contributed by atoms with Crippen LogP contribution >= 0.6 is 0 Å². The van der Waals surface area contributed by atoms with Crippen molar-refractivity contribution in [1.82, 2.24) is 4.90 Å². The Balaban J connectivity index is 0.998. The fraction of sp³-hybridized carbons (Fsp3) is 0.974. The molecule has 8 heterocycles. The summed E-state index contributed by atoms with van der Waals surface area (Å²) in [5.74, 6) is -14.7. The van der Waals surface area contributed by atoms with Crippen molar-refractivity contribution >= 4 is 5.97 Å². The molecule has 4 bridgehead atoms. The predicted molar refractivity (Wildman–Crippen MR) is 180 cm³/mol. The Morgan fingerprint density at radius 3 is 1.40 bits per heavy atom. The number of hydrogen-bond donors (Lipinski definition) is 1. The van der Waals surface area contributed by atoms with E-state index >= 15 is 26.3 Å². The zero-order valence-electron chi connectivity index (χ0n) is 33.1. The molecule has 10 aliphatic rings. The molecule has 8 saturated heterocycles. The van der Waals surface area contributed by atoms with E-state index in [2.05, 4.69) is 0 Å². The fourth-order valence-corrected chi connectivity index (χ4v) is 12.1. The topological polar surface area (TPSA) is 133 Å². The van der Waals surface area contributed by atoms with Crippen LogP contribution in [0.5, 0.6) is 0 Å². The van der Waals surface area contributed by atoms with Crippen LogP contribution in [-0.2, 0) is 52.8 Å². The maximum atomic E-state index is 15.4. The van der Waals surface area contributed by atoms with Gasteiger partial charge in [-0.15, -0.1) is 0 Å². The minimum absolute atomic E-state index is 0.0987. The van der Waals surface area contributed by atoms with E-state index in [9.17, 15) is 9.90 Å². The lowest BCUT2D eigenvalue weighted by Gasteiger charge is -2.63. The highest BCUT2D eigenvalue weighted by Crippen LogP contribution is 2.66. The molecule has 0 aromatic rings. The van der Waals surface area contributed by atoms with Crippen molar-refractivity contribution in [3.8, 4) is 0 Å². The maximum absolute atomic E-state index is 15.4. The fourth-order valence-electron chi connectivity index (χ4n) is 12.1. The van der Waals surface area contributed by atoms with E-state index in [0.717, 1.165) is 4.90 Å². The SMILES string of the molecule is C[C@@H]1CC[C@H]2[C@@H](C)[C@](OCCN(CCO[C@@]3(C(F)(F)F)O[C@@H]4O[C@]5(C)CC[C@H]6[C@H](C)CC[C@@H]([C@H]3C)[C@@]46OO5)CC(=O)O)(C(F)(F)F)O[C@@H]3O[C@]4(C)CC[C@@H]1[C@]32OO4. The second-order valence-corrected chi connectivity index (χ2v) is 18.3. The highest BCUT2D eigenvalue weighted by atomic mass is 19.4. The standard InChI is InChI=1S/C38H55F6NO12/c1-20-7-9-26-22(3)35(37(39,40)41,52-29-33(26)24(20)11-13-31(5,50-29)54-56-33)48-17-15-45(19-28(46)47)16-18-49-36(38(42,43)44)23(4)27-10-8-21(2)25-12-14-32(6)51-30(53-36)34(25,27)57-55-32/h20-27,29-30H,7-19H2,1-6H3,(H,46,47)/t20-,21-,22-,23-,24+,25+,26+,27+,29+,30+,31+,32+,33-,34-,35-,36-/m1/s1. The van der Waals surface area contributed by atoms with Gasteiger partial charge in [0.05, 0.1) is 19.8 Å². The van der Waals surface area contributed by atoms with Crippen molar-refractivity contribution in [2.75, 3.05) is 32.8 Å². The summed E-state index contributed by atoms with van der Waals surface area (Å²) in [4.78, 5) is 36.5. The van der Waals surface area contributed by atoms with Crippen LogP contribution in [-0.4, -0.2) is 108 Å². The monoisotopic (exact) mass is 831 g/mol. The lowest BCUT2D eigenvalue weighted by Crippen LogP contribution is -2.76. The molecule has 10 rings (SSSR count). The molecule has 0 aromatic carbocycles. The molecular formula is C38H55F6NO12. The Kier molecular flexibility index (Phi) is 10.4. The van der Waals surface area contributed by atoms with E-state index in [1.807, 2.05) is 13.8 Å². The van der Waals surface area contributed by atoms with E-state index in [0.29, 0.717) is 51.4 Å². The minimum atomic E-state index is -5.07. The van der Waals surface area contributed by atoms with Crippen LogP contribution in [0, 0.1) is 47.3 Å². The Morgan fingerprint density at radius 1 is 0.632 bits per heavy atom. The lowest BCUT2D eigenvalue weighted by molar-refractivity contribution is -0.599. The molecule has 19 heteroatoms. The third kappa shape index (κ3) is 6.32. The molecule has 0 radical (unpaired) electrons. The Labute approximate surface area is 327 Å². The van der Waals surface area contributed by atoms with Gasteiger partial charge in [0.25, 0.3) is 11.6 Å². The number of aliphatic carboxylic acids is 1. The largest absolute Gasteiger partial charge is 0.480 e. The molecular weight excluding hydrogens is 776 g/mol. The highest BCUT2D eigenvalue weighted by molar-refractivity contribution is 5.69. The maximum Gasteiger partial charge on any atom is 0.443 e. The van der Waals surface area contributed by atoms with Gasteiger partial charge in [0.1, 0.15) is 0 Å². The number of halogens is 6. The van der Waals surface area contributed by atoms with Crippen molar-refractivity contribution in [1.29, 1.82) is 0 Å². The number of ether oxygens (including phenoxy) is 6. The molecule has 0 unspecified atom stereocenters. The van der Waals surface area contributed by atoms with Gasteiger partial charge in [-0.3, -0.25) is 9.69 Å². The summed E-state index contributed by atoms with van der Waals surface area (Å²) >= 11 is 0. The van der Waals surface area contributed by atoms with Crippen LogP contribution < -0.4 is 0 Å². The summed E-state index contributed by atoms with van der Waals surface area (Å²) in [5.41, 5.74) is -2.61. The summed E-state index contributed by atoms with van der Waals surface area (Å²) < 4.78 is 128. The van der Waals surface area contributed by atoms with E-state index < -0.39 is 122 Å².